The number of amides is 1. The lowest BCUT2D eigenvalue weighted by Gasteiger charge is -2.35. The van der Waals surface area contributed by atoms with Gasteiger partial charge in [-0.2, -0.15) is 12.6 Å². The maximum absolute atomic E-state index is 11.3. The molecule has 1 unspecified atom stereocenters. The van der Waals surface area contributed by atoms with E-state index >= 15 is 0 Å². The van der Waals surface area contributed by atoms with Gasteiger partial charge in [-0.15, -0.1) is 0 Å². The lowest BCUT2D eigenvalue weighted by Crippen LogP contribution is -2.45. The third-order valence-electron chi connectivity index (χ3n) is 2.40. The van der Waals surface area contributed by atoms with Gasteiger partial charge >= 0.3 is 0 Å². The Bertz CT molecular complexity index is 206. The van der Waals surface area contributed by atoms with E-state index in [2.05, 4.69) is 31.8 Å². The van der Waals surface area contributed by atoms with Gasteiger partial charge in [0.15, 0.2) is 0 Å². The SMILES string of the molecule is CC1(C)CC(NC(=O)CCS)CCO1. The molecule has 1 N–H and O–H groups in total. The van der Waals surface area contributed by atoms with Crippen LogP contribution in [-0.2, 0) is 9.53 Å². The van der Waals surface area contributed by atoms with Crippen LogP contribution in [0, 0.1) is 0 Å². The molecule has 0 aromatic heterocycles. The van der Waals surface area contributed by atoms with Gasteiger partial charge in [0.25, 0.3) is 0 Å². The highest BCUT2D eigenvalue weighted by molar-refractivity contribution is 7.80. The zero-order chi connectivity index (χ0) is 10.6. The van der Waals surface area contributed by atoms with E-state index in [0.717, 1.165) is 19.4 Å². The summed E-state index contributed by atoms with van der Waals surface area (Å²) in [6.07, 6.45) is 2.31. The summed E-state index contributed by atoms with van der Waals surface area (Å²) in [7, 11) is 0. The zero-order valence-corrected chi connectivity index (χ0v) is 9.77. The summed E-state index contributed by atoms with van der Waals surface area (Å²) in [4.78, 5) is 11.3. The molecule has 3 nitrogen and oxygen atoms in total. The average molecular weight is 217 g/mol. The van der Waals surface area contributed by atoms with Gasteiger partial charge in [0.2, 0.25) is 5.91 Å². The van der Waals surface area contributed by atoms with Crippen LogP contribution >= 0.6 is 12.6 Å². The smallest absolute Gasteiger partial charge is 0.221 e. The van der Waals surface area contributed by atoms with Crippen molar-refractivity contribution in [1.29, 1.82) is 0 Å². The highest BCUT2D eigenvalue weighted by Crippen LogP contribution is 2.23. The van der Waals surface area contributed by atoms with Crippen LogP contribution in [0.2, 0.25) is 0 Å². The lowest BCUT2D eigenvalue weighted by atomic mass is 9.94. The van der Waals surface area contributed by atoms with Crippen LogP contribution in [0.25, 0.3) is 0 Å². The number of hydrogen-bond donors (Lipinski definition) is 2. The van der Waals surface area contributed by atoms with Gasteiger partial charge < -0.3 is 10.1 Å². The highest BCUT2D eigenvalue weighted by atomic mass is 32.1. The second kappa shape index (κ2) is 5.03. The number of thiol groups is 1. The Morgan fingerprint density at radius 3 is 2.93 bits per heavy atom. The van der Waals surface area contributed by atoms with Gasteiger partial charge in [-0.25, -0.2) is 0 Å². The van der Waals surface area contributed by atoms with Crippen molar-refractivity contribution in [2.24, 2.45) is 0 Å². The van der Waals surface area contributed by atoms with Crippen molar-refractivity contribution < 1.29 is 9.53 Å². The van der Waals surface area contributed by atoms with Crippen LogP contribution in [0.4, 0.5) is 0 Å². The predicted molar refractivity (Wildman–Crippen MR) is 59.7 cm³/mol. The molecule has 1 atom stereocenters. The van der Waals surface area contributed by atoms with E-state index in [1.54, 1.807) is 0 Å². The van der Waals surface area contributed by atoms with Crippen LogP contribution in [-0.4, -0.2) is 29.9 Å². The number of carbonyl (C=O) groups is 1. The molecule has 1 amide bonds. The van der Waals surface area contributed by atoms with Crippen LogP contribution in [0.15, 0.2) is 0 Å². The standard InChI is InChI=1S/C10H19NO2S/c1-10(2)7-8(3-5-13-10)11-9(12)4-6-14/h8,14H,3-7H2,1-2H3,(H,11,12). The molecular weight excluding hydrogens is 198 g/mol. The Morgan fingerprint density at radius 2 is 2.36 bits per heavy atom. The molecule has 0 aromatic rings. The van der Waals surface area contributed by atoms with Crippen molar-refractivity contribution in [2.45, 2.75) is 44.8 Å². The molecule has 0 spiro atoms. The summed E-state index contributed by atoms with van der Waals surface area (Å²) < 4.78 is 5.57. The fourth-order valence-electron chi connectivity index (χ4n) is 1.76. The fraction of sp³-hybridized carbons (Fsp3) is 0.900. The maximum atomic E-state index is 11.3. The topological polar surface area (TPSA) is 38.3 Å². The molecule has 82 valence electrons. The van der Waals surface area contributed by atoms with E-state index in [-0.39, 0.29) is 17.6 Å². The third kappa shape index (κ3) is 3.88. The molecule has 0 aliphatic carbocycles. The van der Waals surface area contributed by atoms with E-state index in [1.165, 1.54) is 0 Å². The van der Waals surface area contributed by atoms with Crippen molar-refractivity contribution in [2.75, 3.05) is 12.4 Å². The third-order valence-corrected chi connectivity index (χ3v) is 2.62. The van der Waals surface area contributed by atoms with Crippen LogP contribution in [0.5, 0.6) is 0 Å². The molecule has 0 radical (unpaired) electrons. The number of rotatable bonds is 3. The van der Waals surface area contributed by atoms with E-state index < -0.39 is 0 Å². The molecule has 1 heterocycles. The van der Waals surface area contributed by atoms with Crippen LogP contribution in [0.1, 0.15) is 33.1 Å². The molecule has 1 aliphatic rings. The molecular formula is C10H19NO2S. The van der Waals surface area contributed by atoms with E-state index in [1.807, 2.05) is 0 Å². The Balaban J connectivity index is 2.34. The summed E-state index contributed by atoms with van der Waals surface area (Å²) in [5, 5.41) is 3.01. The van der Waals surface area contributed by atoms with E-state index in [9.17, 15) is 4.79 Å². The maximum Gasteiger partial charge on any atom is 0.221 e. The summed E-state index contributed by atoms with van der Waals surface area (Å²) in [6, 6.07) is 0.270. The van der Waals surface area contributed by atoms with Gasteiger partial charge in [-0.3, -0.25) is 4.79 Å². The highest BCUT2D eigenvalue weighted by Gasteiger charge is 2.29. The van der Waals surface area contributed by atoms with Crippen molar-refractivity contribution >= 4 is 18.5 Å². The predicted octanol–water partition coefficient (Wildman–Crippen LogP) is 1.38. The summed E-state index contributed by atoms with van der Waals surface area (Å²) >= 11 is 4.03. The summed E-state index contributed by atoms with van der Waals surface area (Å²) in [5.41, 5.74) is -0.100. The van der Waals surface area contributed by atoms with E-state index in [0.29, 0.717) is 12.2 Å². The van der Waals surface area contributed by atoms with Gasteiger partial charge in [-0.05, 0) is 32.4 Å². The molecule has 1 rings (SSSR count). The monoisotopic (exact) mass is 217 g/mol. The molecule has 0 aromatic carbocycles. The molecule has 0 bridgehead atoms. The fourth-order valence-corrected chi connectivity index (χ4v) is 1.96. The molecule has 4 heteroatoms. The molecule has 1 fully saturated rings. The quantitative estimate of drug-likeness (QED) is 0.701. The summed E-state index contributed by atoms with van der Waals surface area (Å²) in [6.45, 7) is 4.85. The van der Waals surface area contributed by atoms with Crippen LogP contribution < -0.4 is 5.32 Å². The first kappa shape index (κ1) is 11.9. The minimum Gasteiger partial charge on any atom is -0.375 e. The van der Waals surface area contributed by atoms with Gasteiger partial charge in [0, 0.05) is 19.1 Å². The molecule has 1 saturated heterocycles. The largest absolute Gasteiger partial charge is 0.375 e. The minimum atomic E-state index is -0.100. The average Bonchev–Trinajstić information content (AvgIpc) is 2.02. The first-order valence-electron chi connectivity index (χ1n) is 5.08. The van der Waals surface area contributed by atoms with Crippen molar-refractivity contribution in [1.82, 2.24) is 5.32 Å². The number of carbonyl (C=O) groups excluding carboxylic acids is 1. The van der Waals surface area contributed by atoms with E-state index in [4.69, 9.17) is 4.74 Å². The van der Waals surface area contributed by atoms with Gasteiger partial charge in [0.05, 0.1) is 5.60 Å². The minimum absolute atomic E-state index is 0.0997. The Morgan fingerprint density at radius 1 is 1.64 bits per heavy atom. The summed E-state index contributed by atoms with van der Waals surface area (Å²) in [5.74, 6) is 0.709. The van der Waals surface area contributed by atoms with Crippen molar-refractivity contribution in [3.8, 4) is 0 Å². The molecule has 14 heavy (non-hydrogen) atoms. The number of nitrogens with one attached hydrogen (secondary N) is 1. The number of ether oxygens (including phenoxy) is 1. The molecule has 0 saturated carbocycles. The first-order valence-corrected chi connectivity index (χ1v) is 5.71. The van der Waals surface area contributed by atoms with Gasteiger partial charge in [-0.1, -0.05) is 0 Å². The Labute approximate surface area is 91.0 Å². The number of hydrogen-bond acceptors (Lipinski definition) is 3. The Kier molecular flexibility index (Phi) is 4.26. The second-order valence-corrected chi connectivity index (χ2v) is 4.79. The first-order chi connectivity index (χ1) is 6.53. The van der Waals surface area contributed by atoms with Gasteiger partial charge in [0.1, 0.15) is 0 Å². The molecule has 1 aliphatic heterocycles. The lowest BCUT2D eigenvalue weighted by molar-refractivity contribution is -0.123. The Hall–Kier alpha value is -0.220. The zero-order valence-electron chi connectivity index (χ0n) is 8.88. The van der Waals surface area contributed by atoms with Crippen LogP contribution in [0.3, 0.4) is 0 Å². The van der Waals surface area contributed by atoms with Crippen molar-refractivity contribution in [3.63, 3.8) is 0 Å². The second-order valence-electron chi connectivity index (χ2n) is 4.34. The van der Waals surface area contributed by atoms with Crippen molar-refractivity contribution in [3.05, 3.63) is 0 Å². The normalized spacial score (nSPS) is 25.8.